The molecule has 3 aromatic rings. The van der Waals surface area contributed by atoms with Gasteiger partial charge in [-0.3, -0.25) is 4.79 Å². The zero-order valence-electron chi connectivity index (χ0n) is 17.6. The third-order valence-corrected chi connectivity index (χ3v) is 5.03. The molecule has 0 saturated carbocycles. The monoisotopic (exact) mass is 427 g/mol. The van der Waals surface area contributed by atoms with Gasteiger partial charge in [-0.05, 0) is 48.2 Å². The summed E-state index contributed by atoms with van der Waals surface area (Å²) in [4.78, 5) is 12.9. The van der Waals surface area contributed by atoms with E-state index in [-0.39, 0.29) is 11.8 Å². The van der Waals surface area contributed by atoms with E-state index in [0.717, 1.165) is 16.9 Å². The normalized spacial score (nSPS) is 10.9. The van der Waals surface area contributed by atoms with Crippen LogP contribution in [0.15, 0.2) is 48.7 Å². The van der Waals surface area contributed by atoms with Crippen molar-refractivity contribution in [2.24, 2.45) is 0 Å². The van der Waals surface area contributed by atoms with Gasteiger partial charge in [-0.15, -0.1) is 0 Å². The molecule has 1 aromatic heterocycles. The molecule has 0 aliphatic carbocycles. The Morgan fingerprint density at radius 1 is 1.13 bits per heavy atom. The van der Waals surface area contributed by atoms with Crippen LogP contribution in [0.5, 0.6) is 11.5 Å². The second-order valence-electron chi connectivity index (χ2n) is 7.19. The Bertz CT molecular complexity index is 1030. The first-order valence-electron chi connectivity index (χ1n) is 9.77. The minimum Gasteiger partial charge on any atom is -0.493 e. The van der Waals surface area contributed by atoms with Gasteiger partial charge in [-0.25, -0.2) is 4.68 Å². The van der Waals surface area contributed by atoms with Gasteiger partial charge in [0.15, 0.2) is 11.5 Å². The molecule has 0 fully saturated rings. The van der Waals surface area contributed by atoms with Crippen LogP contribution in [0.4, 0.5) is 0 Å². The number of rotatable bonds is 8. The van der Waals surface area contributed by atoms with Gasteiger partial charge in [0, 0.05) is 11.6 Å². The number of carbonyl (C=O) groups excluding carboxylic acids is 1. The van der Waals surface area contributed by atoms with Crippen LogP contribution < -0.4 is 14.8 Å². The van der Waals surface area contributed by atoms with E-state index in [0.29, 0.717) is 35.1 Å². The quantitative estimate of drug-likeness (QED) is 0.568. The Hall–Kier alpha value is -2.99. The Morgan fingerprint density at radius 2 is 1.90 bits per heavy atom. The van der Waals surface area contributed by atoms with E-state index in [9.17, 15) is 4.79 Å². The summed E-state index contributed by atoms with van der Waals surface area (Å²) >= 11 is 6.13. The lowest BCUT2D eigenvalue weighted by Gasteiger charge is -2.13. The van der Waals surface area contributed by atoms with Crippen LogP contribution in [-0.2, 0) is 6.42 Å². The molecule has 0 spiro atoms. The summed E-state index contributed by atoms with van der Waals surface area (Å²) in [6.07, 6.45) is 2.29. The first kappa shape index (κ1) is 21.7. The molecule has 30 heavy (non-hydrogen) atoms. The molecular weight excluding hydrogens is 402 g/mol. The largest absolute Gasteiger partial charge is 0.493 e. The van der Waals surface area contributed by atoms with Gasteiger partial charge in [-0.1, -0.05) is 37.6 Å². The van der Waals surface area contributed by atoms with Crippen LogP contribution >= 0.6 is 11.6 Å². The highest BCUT2D eigenvalue weighted by molar-refractivity contribution is 6.30. The molecule has 0 unspecified atom stereocenters. The molecule has 6 nitrogen and oxygen atoms in total. The van der Waals surface area contributed by atoms with Crippen LogP contribution in [0.1, 0.15) is 41.4 Å². The molecular formula is C23H26ClN3O3. The van der Waals surface area contributed by atoms with Crippen molar-refractivity contribution < 1.29 is 14.3 Å². The summed E-state index contributed by atoms with van der Waals surface area (Å²) < 4.78 is 12.4. The van der Waals surface area contributed by atoms with Crippen molar-refractivity contribution in [2.45, 2.75) is 26.2 Å². The summed E-state index contributed by atoms with van der Waals surface area (Å²) in [5.74, 6) is 1.32. The Morgan fingerprint density at radius 3 is 2.57 bits per heavy atom. The fourth-order valence-corrected chi connectivity index (χ4v) is 3.54. The highest BCUT2D eigenvalue weighted by atomic mass is 35.5. The third-order valence-electron chi connectivity index (χ3n) is 4.80. The van der Waals surface area contributed by atoms with Crippen molar-refractivity contribution >= 4 is 17.5 Å². The van der Waals surface area contributed by atoms with Crippen LogP contribution in [0.25, 0.3) is 5.69 Å². The van der Waals surface area contributed by atoms with Gasteiger partial charge in [-0.2, -0.15) is 5.10 Å². The van der Waals surface area contributed by atoms with E-state index in [2.05, 4.69) is 10.4 Å². The number of hydrogen-bond donors (Lipinski definition) is 1. The Kier molecular flexibility index (Phi) is 7.00. The number of benzene rings is 2. The SMILES string of the molecule is COc1ccc(CCNC(=O)c2cnn(-c3cccc(Cl)c3)c2C(C)C)cc1OC. The molecule has 0 aliphatic rings. The van der Waals surface area contributed by atoms with Crippen molar-refractivity contribution in [3.63, 3.8) is 0 Å². The molecule has 0 aliphatic heterocycles. The molecule has 7 heteroatoms. The summed E-state index contributed by atoms with van der Waals surface area (Å²) in [7, 11) is 3.21. The lowest BCUT2D eigenvalue weighted by Crippen LogP contribution is -2.26. The Labute approximate surface area is 181 Å². The number of carbonyl (C=O) groups is 1. The maximum absolute atomic E-state index is 12.9. The number of nitrogens with one attached hydrogen (secondary N) is 1. The number of amides is 1. The van der Waals surface area contributed by atoms with Crippen molar-refractivity contribution in [3.05, 3.63) is 70.5 Å². The van der Waals surface area contributed by atoms with E-state index >= 15 is 0 Å². The molecule has 3 rings (SSSR count). The maximum Gasteiger partial charge on any atom is 0.254 e. The summed E-state index contributed by atoms with van der Waals surface area (Å²) in [5.41, 5.74) is 3.29. The predicted molar refractivity (Wildman–Crippen MR) is 118 cm³/mol. The predicted octanol–water partition coefficient (Wildman–Crippen LogP) is 4.64. The number of aromatic nitrogens is 2. The standard InChI is InChI=1S/C23H26ClN3O3/c1-15(2)22-19(14-26-27(22)18-7-5-6-17(24)13-18)23(28)25-11-10-16-8-9-20(29-3)21(12-16)30-4/h5-9,12-15H,10-11H2,1-4H3,(H,25,28). The van der Waals surface area contributed by atoms with E-state index < -0.39 is 0 Å². The molecule has 0 radical (unpaired) electrons. The van der Waals surface area contributed by atoms with E-state index in [1.54, 1.807) is 25.1 Å². The maximum atomic E-state index is 12.9. The van der Waals surface area contributed by atoms with Crippen LogP contribution in [0.2, 0.25) is 5.02 Å². The first-order valence-corrected chi connectivity index (χ1v) is 10.1. The first-order chi connectivity index (χ1) is 14.4. The fraction of sp³-hybridized carbons (Fsp3) is 0.304. The minimum absolute atomic E-state index is 0.109. The summed E-state index contributed by atoms with van der Waals surface area (Å²) in [6.45, 7) is 4.57. The molecule has 1 heterocycles. The van der Waals surface area contributed by atoms with Gasteiger partial charge in [0.1, 0.15) is 0 Å². The molecule has 0 saturated heterocycles. The zero-order chi connectivity index (χ0) is 21.7. The number of methoxy groups -OCH3 is 2. The zero-order valence-corrected chi connectivity index (χ0v) is 18.4. The fourth-order valence-electron chi connectivity index (χ4n) is 3.35. The molecule has 2 aromatic carbocycles. The summed E-state index contributed by atoms with van der Waals surface area (Å²) in [6, 6.07) is 13.2. The second kappa shape index (κ2) is 9.67. The molecule has 0 atom stereocenters. The lowest BCUT2D eigenvalue weighted by atomic mass is 10.0. The molecule has 0 bridgehead atoms. The van der Waals surface area contributed by atoms with Gasteiger partial charge >= 0.3 is 0 Å². The van der Waals surface area contributed by atoms with Crippen molar-refractivity contribution in [1.29, 1.82) is 0 Å². The lowest BCUT2D eigenvalue weighted by molar-refractivity contribution is 0.0952. The number of halogens is 1. The van der Waals surface area contributed by atoms with Crippen molar-refractivity contribution in [3.8, 4) is 17.2 Å². The van der Waals surface area contributed by atoms with Gasteiger partial charge in [0.05, 0.1) is 37.4 Å². The van der Waals surface area contributed by atoms with Gasteiger partial charge in [0.25, 0.3) is 5.91 Å². The smallest absolute Gasteiger partial charge is 0.254 e. The Balaban J connectivity index is 1.73. The van der Waals surface area contributed by atoms with E-state index in [1.807, 2.05) is 56.3 Å². The topological polar surface area (TPSA) is 65.4 Å². The van der Waals surface area contributed by atoms with Crippen molar-refractivity contribution in [2.75, 3.05) is 20.8 Å². The average molecular weight is 428 g/mol. The second-order valence-corrected chi connectivity index (χ2v) is 7.62. The average Bonchev–Trinajstić information content (AvgIpc) is 3.19. The number of ether oxygens (including phenoxy) is 2. The number of nitrogens with zero attached hydrogens (tertiary/aromatic N) is 2. The van der Waals surface area contributed by atoms with Crippen LogP contribution in [0.3, 0.4) is 0 Å². The molecule has 1 N–H and O–H groups in total. The van der Waals surface area contributed by atoms with E-state index in [4.69, 9.17) is 21.1 Å². The number of hydrogen-bond acceptors (Lipinski definition) is 4. The molecule has 158 valence electrons. The van der Waals surface area contributed by atoms with Gasteiger partial charge in [0.2, 0.25) is 0 Å². The third kappa shape index (κ3) is 4.76. The summed E-state index contributed by atoms with van der Waals surface area (Å²) in [5, 5.41) is 8.06. The van der Waals surface area contributed by atoms with Crippen molar-refractivity contribution in [1.82, 2.24) is 15.1 Å². The van der Waals surface area contributed by atoms with Crippen LogP contribution in [-0.4, -0.2) is 36.5 Å². The highest BCUT2D eigenvalue weighted by Gasteiger charge is 2.20. The highest BCUT2D eigenvalue weighted by Crippen LogP contribution is 2.28. The minimum atomic E-state index is -0.146. The van der Waals surface area contributed by atoms with Gasteiger partial charge < -0.3 is 14.8 Å². The van der Waals surface area contributed by atoms with E-state index in [1.165, 1.54) is 0 Å². The molecule has 1 amide bonds. The van der Waals surface area contributed by atoms with Crippen LogP contribution in [0, 0.1) is 0 Å².